The molecule has 0 saturated carbocycles. The Labute approximate surface area is 122 Å². The van der Waals surface area contributed by atoms with Crippen molar-refractivity contribution in [3.05, 3.63) is 15.1 Å². The van der Waals surface area contributed by atoms with Gasteiger partial charge in [0, 0.05) is 13.7 Å². The maximum Gasteiger partial charge on any atom is 0.162 e. The van der Waals surface area contributed by atoms with E-state index in [1.807, 2.05) is 20.8 Å². The molecule has 0 amide bonds. The summed E-state index contributed by atoms with van der Waals surface area (Å²) < 4.78 is 11.7. The topological polar surface area (TPSA) is 70.3 Å². The average Bonchev–Trinajstić information content (AvgIpc) is 2.35. The van der Waals surface area contributed by atoms with Gasteiger partial charge in [0.15, 0.2) is 5.82 Å². The lowest BCUT2D eigenvalue weighted by atomic mass is 10.0. The number of nitrogens with zero attached hydrogens (tertiary/aromatic N) is 2. The van der Waals surface area contributed by atoms with Crippen molar-refractivity contribution in [2.45, 2.75) is 39.4 Å². The summed E-state index contributed by atoms with van der Waals surface area (Å²) in [6.45, 7) is 7.01. The Morgan fingerprint density at radius 2 is 2.00 bits per heavy atom. The molecule has 5 nitrogen and oxygen atoms in total. The lowest BCUT2D eigenvalue weighted by molar-refractivity contribution is -0.0392. The minimum absolute atomic E-state index is 0.421. The van der Waals surface area contributed by atoms with Crippen LogP contribution in [0.3, 0.4) is 0 Å². The fraction of sp³-hybridized carbons (Fsp3) is 0.667. The molecule has 0 saturated heterocycles. The Bertz CT molecular complexity index is 415. The van der Waals surface area contributed by atoms with Crippen LogP contribution >= 0.6 is 22.6 Å². The van der Waals surface area contributed by atoms with E-state index in [1.54, 1.807) is 7.11 Å². The predicted octanol–water partition coefficient (Wildman–Crippen LogP) is 2.47. The van der Waals surface area contributed by atoms with E-state index in [0.717, 1.165) is 15.7 Å². The van der Waals surface area contributed by atoms with E-state index in [-0.39, 0.29) is 0 Å². The van der Waals surface area contributed by atoms with Crippen molar-refractivity contribution in [3.8, 4) is 0 Å². The zero-order valence-corrected chi connectivity index (χ0v) is 13.4. The monoisotopic (exact) mass is 365 g/mol. The zero-order chi connectivity index (χ0) is 13.8. The molecule has 0 aliphatic carbocycles. The van der Waals surface area contributed by atoms with Crippen LogP contribution in [-0.2, 0) is 21.7 Å². The summed E-state index contributed by atoms with van der Waals surface area (Å²) in [4.78, 5) is 8.89. The second kappa shape index (κ2) is 6.63. The number of halogens is 1. The number of rotatable bonds is 6. The second-order valence-electron chi connectivity index (χ2n) is 4.14. The molecule has 1 unspecified atom stereocenters. The number of hydrogen-bond acceptors (Lipinski definition) is 5. The summed E-state index contributed by atoms with van der Waals surface area (Å²) >= 11 is 2.14. The third-order valence-electron chi connectivity index (χ3n) is 2.84. The van der Waals surface area contributed by atoms with Gasteiger partial charge in [-0.2, -0.15) is 0 Å². The van der Waals surface area contributed by atoms with Crippen LogP contribution < -0.4 is 5.73 Å². The van der Waals surface area contributed by atoms with Crippen LogP contribution in [-0.4, -0.2) is 23.7 Å². The van der Waals surface area contributed by atoms with Gasteiger partial charge in [0.05, 0.1) is 15.9 Å². The molecule has 0 radical (unpaired) electrons. The molecule has 0 aliphatic heterocycles. The Morgan fingerprint density at radius 1 is 1.33 bits per heavy atom. The molecule has 102 valence electrons. The van der Waals surface area contributed by atoms with Gasteiger partial charge in [-0.25, -0.2) is 9.97 Å². The summed E-state index contributed by atoms with van der Waals surface area (Å²) in [5.41, 5.74) is 6.23. The highest BCUT2D eigenvalue weighted by molar-refractivity contribution is 14.1. The quantitative estimate of drug-likeness (QED) is 0.785. The van der Waals surface area contributed by atoms with Crippen molar-refractivity contribution >= 4 is 28.4 Å². The first kappa shape index (κ1) is 15.6. The van der Waals surface area contributed by atoms with Crippen molar-refractivity contribution < 1.29 is 9.47 Å². The number of ether oxygens (including phenoxy) is 2. The van der Waals surface area contributed by atoms with Gasteiger partial charge in [0.2, 0.25) is 0 Å². The maximum absolute atomic E-state index is 5.93. The van der Waals surface area contributed by atoms with E-state index in [0.29, 0.717) is 24.9 Å². The highest BCUT2D eigenvalue weighted by Crippen LogP contribution is 2.28. The smallest absolute Gasteiger partial charge is 0.162 e. The lowest BCUT2D eigenvalue weighted by Gasteiger charge is -2.27. The minimum Gasteiger partial charge on any atom is -0.383 e. The molecular weight excluding hydrogens is 345 g/mol. The number of nitrogens with two attached hydrogens (primary N) is 1. The highest BCUT2D eigenvalue weighted by atomic mass is 127. The number of aromatic nitrogens is 2. The van der Waals surface area contributed by atoms with Crippen LogP contribution in [0.5, 0.6) is 0 Å². The molecule has 1 aromatic rings. The van der Waals surface area contributed by atoms with Crippen molar-refractivity contribution in [1.82, 2.24) is 9.97 Å². The summed E-state index contributed by atoms with van der Waals surface area (Å²) in [6.07, 6.45) is 0.785. The summed E-state index contributed by atoms with van der Waals surface area (Å²) in [7, 11) is 1.63. The van der Waals surface area contributed by atoms with Crippen molar-refractivity contribution in [2.24, 2.45) is 0 Å². The maximum atomic E-state index is 5.93. The minimum atomic E-state index is -0.504. The molecule has 0 fully saturated rings. The predicted molar refractivity (Wildman–Crippen MR) is 79.1 cm³/mol. The van der Waals surface area contributed by atoms with Gasteiger partial charge in [-0.1, -0.05) is 6.92 Å². The summed E-state index contributed by atoms with van der Waals surface area (Å²) in [6, 6.07) is 0. The number of anilines is 1. The molecule has 1 rings (SSSR count). The van der Waals surface area contributed by atoms with Crippen molar-refractivity contribution in [2.75, 3.05) is 19.5 Å². The van der Waals surface area contributed by atoms with Gasteiger partial charge in [0.1, 0.15) is 11.4 Å². The van der Waals surface area contributed by atoms with E-state index in [4.69, 9.17) is 15.2 Å². The SMILES string of the molecule is CCOC(C)(CC)c1nc(N)c(I)c(COC)n1. The Balaban J connectivity index is 3.23. The van der Waals surface area contributed by atoms with E-state index in [2.05, 4.69) is 32.6 Å². The summed E-state index contributed by atoms with van der Waals surface area (Å²) in [5, 5.41) is 0. The Morgan fingerprint density at radius 3 is 2.50 bits per heavy atom. The molecule has 1 aromatic heterocycles. The van der Waals surface area contributed by atoms with Crippen LogP contribution in [0.4, 0.5) is 5.82 Å². The van der Waals surface area contributed by atoms with Crippen LogP contribution in [0.2, 0.25) is 0 Å². The summed E-state index contributed by atoms with van der Waals surface area (Å²) in [5.74, 6) is 1.10. The van der Waals surface area contributed by atoms with Gasteiger partial charge in [-0.05, 0) is 42.9 Å². The van der Waals surface area contributed by atoms with Crippen LogP contribution in [0.1, 0.15) is 38.7 Å². The normalized spacial score (nSPS) is 14.5. The van der Waals surface area contributed by atoms with Gasteiger partial charge in [0.25, 0.3) is 0 Å². The van der Waals surface area contributed by atoms with Gasteiger partial charge in [-0.15, -0.1) is 0 Å². The van der Waals surface area contributed by atoms with Crippen LogP contribution in [0.15, 0.2) is 0 Å². The van der Waals surface area contributed by atoms with Crippen molar-refractivity contribution in [3.63, 3.8) is 0 Å². The van der Waals surface area contributed by atoms with E-state index >= 15 is 0 Å². The first-order valence-corrected chi connectivity index (χ1v) is 7.01. The fourth-order valence-corrected chi connectivity index (χ4v) is 2.02. The van der Waals surface area contributed by atoms with Gasteiger partial charge in [-0.3, -0.25) is 0 Å². The molecule has 0 spiro atoms. The lowest BCUT2D eigenvalue weighted by Crippen LogP contribution is -2.29. The fourth-order valence-electron chi connectivity index (χ4n) is 1.63. The third-order valence-corrected chi connectivity index (χ3v) is 4.01. The number of hydrogen-bond donors (Lipinski definition) is 1. The van der Waals surface area contributed by atoms with E-state index in [1.165, 1.54) is 0 Å². The third kappa shape index (κ3) is 3.30. The van der Waals surface area contributed by atoms with E-state index < -0.39 is 5.60 Å². The number of methoxy groups -OCH3 is 1. The molecule has 1 atom stereocenters. The van der Waals surface area contributed by atoms with Gasteiger partial charge >= 0.3 is 0 Å². The van der Waals surface area contributed by atoms with Crippen molar-refractivity contribution in [1.29, 1.82) is 0 Å². The van der Waals surface area contributed by atoms with Crippen LogP contribution in [0, 0.1) is 3.57 Å². The largest absolute Gasteiger partial charge is 0.383 e. The highest BCUT2D eigenvalue weighted by Gasteiger charge is 2.29. The standard InChI is InChI=1S/C12H20IN3O2/c1-5-12(3,18-6-2)11-15-8(7-17-4)9(13)10(14)16-11/h5-7H2,1-4H3,(H2,14,15,16). The Kier molecular flexibility index (Phi) is 5.74. The molecule has 0 bridgehead atoms. The first-order chi connectivity index (χ1) is 8.48. The molecular formula is C12H20IN3O2. The molecule has 0 aromatic carbocycles. The first-order valence-electron chi connectivity index (χ1n) is 5.93. The second-order valence-corrected chi connectivity index (χ2v) is 5.22. The molecule has 6 heteroatoms. The van der Waals surface area contributed by atoms with E-state index in [9.17, 15) is 0 Å². The molecule has 0 aliphatic rings. The zero-order valence-electron chi connectivity index (χ0n) is 11.3. The van der Waals surface area contributed by atoms with Crippen LogP contribution in [0.25, 0.3) is 0 Å². The number of nitrogen functional groups attached to an aromatic ring is 1. The average molecular weight is 365 g/mol. The Hall–Kier alpha value is -0.470. The van der Waals surface area contributed by atoms with Gasteiger partial charge < -0.3 is 15.2 Å². The molecule has 18 heavy (non-hydrogen) atoms. The molecule has 1 heterocycles. The molecule has 2 N–H and O–H groups in total.